The number of aliphatic imine (C=N–C) groups is 1. The minimum absolute atomic E-state index is 0.132. The number of hydrogen-bond donors (Lipinski definition) is 1. The molecule has 0 saturated heterocycles. The zero-order valence-electron chi connectivity index (χ0n) is 16.9. The van der Waals surface area contributed by atoms with Gasteiger partial charge < -0.3 is 10.1 Å². The number of nitrogens with zero attached hydrogens (tertiary/aromatic N) is 1. The van der Waals surface area contributed by atoms with Gasteiger partial charge in [0.25, 0.3) is 5.91 Å². The molecule has 156 valence electrons. The molecule has 0 aliphatic heterocycles. The molecule has 0 fully saturated rings. The standard InChI is InChI=1S/C25H21ClN2O2S/c1-2-14-30-21-13-12-18(26)15-17(21)16-27-25-23(20-10-6-7-11-22(20)31-25)24(29)28-19-8-4-3-5-9-19/h1,3-5,8-9,12-13,15-16H,6-7,10-11,14H2,(H,28,29). The first-order chi connectivity index (χ1) is 15.2. The third-order valence-corrected chi connectivity index (χ3v) is 6.45. The summed E-state index contributed by atoms with van der Waals surface area (Å²) < 4.78 is 5.61. The lowest BCUT2D eigenvalue weighted by Crippen LogP contribution is -2.14. The SMILES string of the molecule is C#CCOc1ccc(Cl)cc1C=Nc1sc2c(c1C(=O)Nc1ccccc1)CCCC2. The fraction of sp³-hybridized carbons (Fsp3) is 0.200. The number of aryl methyl sites for hydroxylation is 1. The van der Waals surface area contributed by atoms with Gasteiger partial charge in [-0.1, -0.05) is 35.7 Å². The van der Waals surface area contributed by atoms with Gasteiger partial charge in [-0.2, -0.15) is 0 Å². The van der Waals surface area contributed by atoms with E-state index in [-0.39, 0.29) is 12.5 Å². The monoisotopic (exact) mass is 448 g/mol. The summed E-state index contributed by atoms with van der Waals surface area (Å²) in [5.74, 6) is 2.93. The summed E-state index contributed by atoms with van der Waals surface area (Å²) in [6.45, 7) is 0.153. The van der Waals surface area contributed by atoms with E-state index in [1.165, 1.54) is 4.88 Å². The van der Waals surface area contributed by atoms with E-state index in [0.717, 1.165) is 36.9 Å². The highest BCUT2D eigenvalue weighted by atomic mass is 35.5. The number of carbonyl (C=O) groups excluding carboxylic acids is 1. The number of amides is 1. The topological polar surface area (TPSA) is 50.7 Å². The fourth-order valence-electron chi connectivity index (χ4n) is 3.59. The Hall–Kier alpha value is -3.07. The van der Waals surface area contributed by atoms with Crippen LogP contribution in [0.3, 0.4) is 0 Å². The van der Waals surface area contributed by atoms with Gasteiger partial charge >= 0.3 is 0 Å². The van der Waals surface area contributed by atoms with Gasteiger partial charge in [0, 0.05) is 27.4 Å². The molecular weight excluding hydrogens is 428 g/mol. The van der Waals surface area contributed by atoms with E-state index >= 15 is 0 Å². The lowest BCUT2D eigenvalue weighted by molar-refractivity contribution is 0.102. The minimum atomic E-state index is -0.132. The third kappa shape index (κ3) is 4.99. The summed E-state index contributed by atoms with van der Waals surface area (Å²) in [6, 6.07) is 14.7. The van der Waals surface area contributed by atoms with Crippen molar-refractivity contribution >= 4 is 45.7 Å². The second kappa shape index (κ2) is 9.82. The van der Waals surface area contributed by atoms with Gasteiger partial charge in [0.15, 0.2) is 0 Å². The van der Waals surface area contributed by atoms with Crippen LogP contribution in [-0.4, -0.2) is 18.7 Å². The number of halogens is 1. The maximum Gasteiger partial charge on any atom is 0.259 e. The summed E-state index contributed by atoms with van der Waals surface area (Å²) in [6.07, 6.45) is 11.1. The van der Waals surface area contributed by atoms with E-state index in [1.807, 2.05) is 30.3 Å². The number of nitrogens with one attached hydrogen (secondary N) is 1. The van der Waals surface area contributed by atoms with E-state index in [4.69, 9.17) is 27.8 Å². The molecule has 6 heteroatoms. The van der Waals surface area contributed by atoms with Crippen molar-refractivity contribution in [2.45, 2.75) is 25.7 Å². The summed E-state index contributed by atoms with van der Waals surface area (Å²) in [5.41, 5.74) is 3.25. The lowest BCUT2D eigenvalue weighted by atomic mass is 9.95. The van der Waals surface area contributed by atoms with Gasteiger partial charge in [-0.15, -0.1) is 17.8 Å². The molecule has 0 unspecified atom stereocenters. The van der Waals surface area contributed by atoms with E-state index in [2.05, 4.69) is 11.2 Å². The number of anilines is 1. The van der Waals surface area contributed by atoms with Crippen molar-refractivity contribution in [2.75, 3.05) is 11.9 Å². The molecule has 4 nitrogen and oxygen atoms in total. The Balaban J connectivity index is 1.69. The van der Waals surface area contributed by atoms with Crippen LogP contribution in [-0.2, 0) is 12.8 Å². The highest BCUT2D eigenvalue weighted by molar-refractivity contribution is 7.16. The zero-order chi connectivity index (χ0) is 21.6. The predicted octanol–water partition coefficient (Wildman–Crippen LogP) is 6.30. The number of hydrogen-bond acceptors (Lipinski definition) is 4. The average molecular weight is 449 g/mol. The van der Waals surface area contributed by atoms with E-state index in [0.29, 0.717) is 26.9 Å². The van der Waals surface area contributed by atoms with Gasteiger partial charge in [-0.3, -0.25) is 4.79 Å². The third-order valence-electron chi connectivity index (χ3n) is 5.02. The number of carbonyl (C=O) groups is 1. The van der Waals surface area contributed by atoms with Crippen LogP contribution in [0.15, 0.2) is 53.5 Å². The van der Waals surface area contributed by atoms with Crippen LogP contribution in [0.2, 0.25) is 5.02 Å². The molecule has 1 aromatic heterocycles. The van der Waals surface area contributed by atoms with Crippen molar-refractivity contribution in [1.82, 2.24) is 0 Å². The highest BCUT2D eigenvalue weighted by Crippen LogP contribution is 2.40. The van der Waals surface area contributed by atoms with Crippen molar-refractivity contribution in [2.24, 2.45) is 4.99 Å². The van der Waals surface area contributed by atoms with Gasteiger partial charge in [0.2, 0.25) is 0 Å². The van der Waals surface area contributed by atoms with Gasteiger partial charge in [0.05, 0.1) is 5.56 Å². The molecule has 0 spiro atoms. The maximum atomic E-state index is 13.2. The normalized spacial score (nSPS) is 12.9. The van der Waals surface area contributed by atoms with Crippen LogP contribution in [0.25, 0.3) is 0 Å². The maximum absolute atomic E-state index is 13.2. The van der Waals surface area contributed by atoms with Crippen molar-refractivity contribution < 1.29 is 9.53 Å². The van der Waals surface area contributed by atoms with Crippen LogP contribution < -0.4 is 10.1 Å². The second-order valence-electron chi connectivity index (χ2n) is 7.14. The minimum Gasteiger partial charge on any atom is -0.480 e. The second-order valence-corrected chi connectivity index (χ2v) is 8.66. The molecule has 0 radical (unpaired) electrons. The Kier molecular flexibility index (Phi) is 6.71. The lowest BCUT2D eigenvalue weighted by Gasteiger charge is -2.12. The summed E-state index contributed by atoms with van der Waals surface area (Å²) in [5, 5.41) is 4.28. The van der Waals surface area contributed by atoms with Gasteiger partial charge in [0.1, 0.15) is 17.4 Å². The largest absolute Gasteiger partial charge is 0.480 e. The molecule has 4 rings (SSSR count). The van der Waals surface area contributed by atoms with Crippen LogP contribution in [0.1, 0.15) is 39.2 Å². The van der Waals surface area contributed by atoms with Gasteiger partial charge in [-0.25, -0.2) is 4.99 Å². The zero-order valence-corrected chi connectivity index (χ0v) is 18.4. The van der Waals surface area contributed by atoms with Crippen LogP contribution >= 0.6 is 22.9 Å². The first kappa shape index (κ1) is 21.2. The molecule has 1 heterocycles. The summed E-state index contributed by atoms with van der Waals surface area (Å²) in [4.78, 5) is 19.1. The Morgan fingerprint density at radius 1 is 1.23 bits per heavy atom. The average Bonchev–Trinajstić information content (AvgIpc) is 3.16. The quantitative estimate of drug-likeness (QED) is 0.355. The Morgan fingerprint density at radius 2 is 2.03 bits per heavy atom. The van der Waals surface area contributed by atoms with E-state index in [9.17, 15) is 4.79 Å². The number of terminal acetylenes is 1. The number of benzene rings is 2. The molecule has 31 heavy (non-hydrogen) atoms. The number of thiophene rings is 1. The highest BCUT2D eigenvalue weighted by Gasteiger charge is 2.25. The molecule has 2 aromatic carbocycles. The van der Waals surface area contributed by atoms with E-state index in [1.54, 1.807) is 35.8 Å². The molecular formula is C25H21ClN2O2S. The van der Waals surface area contributed by atoms with Gasteiger partial charge in [-0.05, 0) is 61.6 Å². The number of fused-ring (bicyclic) bond motifs is 1. The van der Waals surface area contributed by atoms with Crippen LogP contribution in [0.5, 0.6) is 5.75 Å². The fourth-order valence-corrected chi connectivity index (χ4v) is 5.00. The van der Waals surface area contributed by atoms with Crippen LogP contribution in [0.4, 0.5) is 10.7 Å². The van der Waals surface area contributed by atoms with Crippen molar-refractivity contribution in [3.63, 3.8) is 0 Å². The Labute approximate surface area is 190 Å². The molecule has 1 N–H and O–H groups in total. The van der Waals surface area contributed by atoms with Crippen molar-refractivity contribution in [3.8, 4) is 18.1 Å². The molecule has 0 bridgehead atoms. The van der Waals surface area contributed by atoms with Crippen molar-refractivity contribution in [3.05, 3.63) is 75.1 Å². The smallest absolute Gasteiger partial charge is 0.259 e. The Morgan fingerprint density at radius 3 is 2.84 bits per heavy atom. The first-order valence-electron chi connectivity index (χ1n) is 10.1. The predicted molar refractivity (Wildman–Crippen MR) is 128 cm³/mol. The summed E-state index contributed by atoms with van der Waals surface area (Å²) in [7, 11) is 0. The molecule has 0 atom stereocenters. The van der Waals surface area contributed by atoms with Crippen molar-refractivity contribution in [1.29, 1.82) is 0 Å². The Bertz CT molecular complexity index is 1160. The molecule has 1 aliphatic carbocycles. The van der Waals surface area contributed by atoms with E-state index < -0.39 is 0 Å². The molecule has 0 saturated carbocycles. The summed E-state index contributed by atoms with van der Waals surface area (Å²) >= 11 is 7.75. The number of ether oxygens (including phenoxy) is 1. The molecule has 1 amide bonds. The molecule has 3 aromatic rings. The first-order valence-corrected chi connectivity index (χ1v) is 11.3. The van der Waals surface area contributed by atoms with Crippen LogP contribution in [0, 0.1) is 12.3 Å². The number of para-hydroxylation sites is 1. The molecule has 1 aliphatic rings. The number of rotatable bonds is 6.